The second kappa shape index (κ2) is 12.6. The Bertz CT molecular complexity index is 2080. The number of aliphatic carboxylic acids is 1. The molecule has 50 heavy (non-hydrogen) atoms. The summed E-state index contributed by atoms with van der Waals surface area (Å²) in [6.07, 6.45) is 5.72. The molecule has 0 unspecified atom stereocenters. The zero-order valence-electron chi connectivity index (χ0n) is 29.7. The lowest BCUT2D eigenvalue weighted by Crippen LogP contribution is -2.38. The van der Waals surface area contributed by atoms with Crippen LogP contribution in [0, 0.1) is 33.1 Å². The van der Waals surface area contributed by atoms with Crippen molar-refractivity contribution in [2.45, 2.75) is 90.2 Å². The van der Waals surface area contributed by atoms with Gasteiger partial charge in [0.25, 0.3) is 0 Å². The van der Waals surface area contributed by atoms with Gasteiger partial charge >= 0.3 is 5.97 Å². The SMILES string of the molecule is Cc1ccc([C@@H](c2ccn3c(C)nnc3c2C)C(C)(C)C(=O)O)cc1CN1CC2(CC2)Oc2nc(OCCN3CCCC3)c(C)cc2S1(=O)=O. The Morgan fingerprint density at radius 1 is 1.06 bits per heavy atom. The van der Waals surface area contributed by atoms with Crippen LogP contribution in [-0.4, -0.2) is 86.7 Å². The quantitative estimate of drug-likeness (QED) is 0.235. The highest BCUT2D eigenvalue weighted by Gasteiger charge is 2.53. The number of nitrogens with zero attached hydrogens (tertiary/aromatic N) is 6. The number of sulfonamides is 1. The molecule has 1 atom stereocenters. The number of benzene rings is 1. The number of carbonyl (C=O) groups is 1. The second-order valence-electron chi connectivity index (χ2n) is 14.9. The van der Waals surface area contributed by atoms with E-state index in [9.17, 15) is 18.3 Å². The molecule has 1 aromatic carbocycles. The Balaban J connectivity index is 1.23. The molecule has 1 N–H and O–H groups in total. The number of carboxylic acid groups (broad SMARTS) is 1. The fourth-order valence-electron chi connectivity index (χ4n) is 7.43. The molecule has 4 aromatic rings. The maximum Gasteiger partial charge on any atom is 0.310 e. The van der Waals surface area contributed by atoms with Crippen molar-refractivity contribution < 1.29 is 27.8 Å². The Morgan fingerprint density at radius 2 is 1.80 bits per heavy atom. The van der Waals surface area contributed by atoms with Crippen LogP contribution in [-0.2, 0) is 21.4 Å². The van der Waals surface area contributed by atoms with Crippen LogP contribution in [0.1, 0.15) is 84.7 Å². The molecule has 0 bridgehead atoms. The zero-order valence-corrected chi connectivity index (χ0v) is 30.5. The van der Waals surface area contributed by atoms with Gasteiger partial charge in [0.1, 0.15) is 22.9 Å². The van der Waals surface area contributed by atoms with E-state index in [1.807, 2.05) is 62.6 Å². The Kier molecular flexibility index (Phi) is 8.67. The number of ether oxygens (including phenoxy) is 2. The molecule has 0 amide bonds. The lowest BCUT2D eigenvalue weighted by Gasteiger charge is -2.33. The molecule has 7 rings (SSSR count). The summed E-state index contributed by atoms with van der Waals surface area (Å²) in [5.74, 6) is -0.270. The molecular formula is C37H46N6O6S. The monoisotopic (exact) mass is 702 g/mol. The molecule has 13 heteroatoms. The third-order valence-electron chi connectivity index (χ3n) is 10.8. The minimum atomic E-state index is -4.02. The van der Waals surface area contributed by atoms with Gasteiger partial charge in [0.05, 0.1) is 12.0 Å². The molecule has 2 aliphatic heterocycles. The van der Waals surface area contributed by atoms with Gasteiger partial charge in [-0.05, 0) is 120 Å². The summed E-state index contributed by atoms with van der Waals surface area (Å²) < 4.78 is 44.7. The van der Waals surface area contributed by atoms with Gasteiger partial charge in [-0.15, -0.1) is 10.2 Å². The fraction of sp³-hybridized carbons (Fsp3) is 0.514. The van der Waals surface area contributed by atoms with Crippen LogP contribution < -0.4 is 9.47 Å². The summed E-state index contributed by atoms with van der Waals surface area (Å²) in [6.45, 7) is 14.7. The van der Waals surface area contributed by atoms with Crippen LogP contribution in [0.25, 0.3) is 5.65 Å². The zero-order chi connectivity index (χ0) is 35.6. The first-order chi connectivity index (χ1) is 23.7. The summed E-state index contributed by atoms with van der Waals surface area (Å²) in [7, 11) is -4.02. The fourth-order valence-corrected chi connectivity index (χ4v) is 9.05. The molecule has 1 spiro atoms. The minimum absolute atomic E-state index is 0.0388. The van der Waals surface area contributed by atoms with Gasteiger partial charge in [-0.3, -0.25) is 14.1 Å². The molecule has 1 aliphatic carbocycles. The number of aryl methyl sites for hydroxylation is 4. The summed E-state index contributed by atoms with van der Waals surface area (Å²) in [4.78, 5) is 19.8. The molecule has 1 saturated heterocycles. The van der Waals surface area contributed by atoms with E-state index < -0.39 is 32.9 Å². The average molecular weight is 703 g/mol. The van der Waals surface area contributed by atoms with Crippen LogP contribution in [0.15, 0.2) is 41.4 Å². The van der Waals surface area contributed by atoms with Gasteiger partial charge in [0.15, 0.2) is 5.65 Å². The molecule has 2 fully saturated rings. The second-order valence-corrected chi connectivity index (χ2v) is 16.8. The molecule has 5 heterocycles. The maximum atomic E-state index is 14.4. The molecule has 3 aliphatic rings. The highest BCUT2D eigenvalue weighted by Crippen LogP contribution is 2.48. The van der Waals surface area contributed by atoms with E-state index in [0.717, 1.165) is 66.1 Å². The van der Waals surface area contributed by atoms with Crippen LogP contribution in [0.3, 0.4) is 0 Å². The average Bonchev–Trinajstić information content (AvgIpc) is 3.43. The first-order valence-electron chi connectivity index (χ1n) is 17.4. The van der Waals surface area contributed by atoms with E-state index in [4.69, 9.17) is 9.47 Å². The van der Waals surface area contributed by atoms with Crippen LogP contribution in [0.5, 0.6) is 11.8 Å². The largest absolute Gasteiger partial charge is 0.481 e. The summed E-state index contributed by atoms with van der Waals surface area (Å²) >= 11 is 0. The van der Waals surface area contributed by atoms with E-state index in [2.05, 4.69) is 20.1 Å². The summed E-state index contributed by atoms with van der Waals surface area (Å²) in [5.41, 5.74) is 3.59. The van der Waals surface area contributed by atoms with Crippen molar-refractivity contribution in [1.82, 2.24) is 28.8 Å². The van der Waals surface area contributed by atoms with Gasteiger partial charge in [0, 0.05) is 30.8 Å². The lowest BCUT2D eigenvalue weighted by atomic mass is 9.70. The predicted octanol–water partition coefficient (Wildman–Crippen LogP) is 5.19. The van der Waals surface area contributed by atoms with Crippen LogP contribution >= 0.6 is 0 Å². The van der Waals surface area contributed by atoms with Gasteiger partial charge < -0.3 is 14.6 Å². The normalized spacial score (nSPS) is 19.2. The molecule has 0 radical (unpaired) electrons. The molecular weight excluding hydrogens is 657 g/mol. The smallest absolute Gasteiger partial charge is 0.310 e. The molecule has 1 saturated carbocycles. The van der Waals surface area contributed by atoms with Crippen molar-refractivity contribution in [2.24, 2.45) is 5.41 Å². The standard InChI is InChI=1S/C37H46N6O6S/c1-23-9-10-27(31(36(5,6)35(44)45)29-11-16-43-26(4)39-40-32(43)25(29)3)20-28(23)21-42-22-37(12-13-37)49-34-30(50(42,46)47)19-24(2)33(38-34)48-18-17-41-14-7-8-15-41/h9-11,16,19-20,31H,7-8,12-15,17-18,21-22H2,1-6H3,(H,44,45)/t31-/m0/s1. The van der Waals surface area contributed by atoms with Crippen LogP contribution in [0.2, 0.25) is 0 Å². The van der Waals surface area contributed by atoms with Crippen LogP contribution in [0.4, 0.5) is 0 Å². The first kappa shape index (κ1) is 34.4. The Morgan fingerprint density at radius 3 is 2.50 bits per heavy atom. The highest BCUT2D eigenvalue weighted by atomic mass is 32.2. The number of pyridine rings is 2. The van der Waals surface area contributed by atoms with E-state index in [1.165, 1.54) is 17.1 Å². The Hall–Kier alpha value is -4.07. The van der Waals surface area contributed by atoms with E-state index in [1.54, 1.807) is 19.9 Å². The third-order valence-corrected chi connectivity index (χ3v) is 12.6. The van der Waals surface area contributed by atoms with E-state index in [-0.39, 0.29) is 23.9 Å². The first-order valence-corrected chi connectivity index (χ1v) is 18.8. The van der Waals surface area contributed by atoms with Gasteiger partial charge in [-0.1, -0.05) is 18.2 Å². The van der Waals surface area contributed by atoms with Gasteiger partial charge in [0.2, 0.25) is 21.8 Å². The lowest BCUT2D eigenvalue weighted by molar-refractivity contribution is -0.147. The number of rotatable bonds is 10. The van der Waals surface area contributed by atoms with Gasteiger partial charge in [-0.2, -0.15) is 9.29 Å². The third kappa shape index (κ3) is 6.13. The molecule has 3 aromatic heterocycles. The number of aromatic nitrogens is 4. The topological polar surface area (TPSA) is 139 Å². The minimum Gasteiger partial charge on any atom is -0.481 e. The Labute approximate surface area is 293 Å². The van der Waals surface area contributed by atoms with Crippen molar-refractivity contribution in [1.29, 1.82) is 0 Å². The number of hydrogen-bond acceptors (Lipinski definition) is 9. The maximum absolute atomic E-state index is 14.4. The van der Waals surface area contributed by atoms with E-state index in [0.29, 0.717) is 23.7 Å². The predicted molar refractivity (Wildman–Crippen MR) is 187 cm³/mol. The summed E-state index contributed by atoms with van der Waals surface area (Å²) in [5, 5.41) is 19.1. The number of hydrogen-bond donors (Lipinski definition) is 1. The van der Waals surface area contributed by atoms with Crippen molar-refractivity contribution in [3.63, 3.8) is 0 Å². The highest BCUT2D eigenvalue weighted by molar-refractivity contribution is 7.89. The van der Waals surface area contributed by atoms with Crippen molar-refractivity contribution in [3.8, 4) is 11.8 Å². The van der Waals surface area contributed by atoms with Crippen molar-refractivity contribution in [2.75, 3.05) is 32.8 Å². The van der Waals surface area contributed by atoms with Crippen molar-refractivity contribution >= 4 is 21.6 Å². The van der Waals surface area contributed by atoms with Crippen molar-refractivity contribution in [3.05, 3.63) is 75.7 Å². The molecule has 12 nitrogen and oxygen atoms in total. The number of carboxylic acids is 1. The van der Waals surface area contributed by atoms with E-state index >= 15 is 0 Å². The number of fused-ring (bicyclic) bond motifs is 2. The van der Waals surface area contributed by atoms with Gasteiger partial charge in [-0.25, -0.2) is 8.42 Å². The molecule has 266 valence electrons. The number of likely N-dealkylation sites (tertiary alicyclic amines) is 1. The summed E-state index contributed by atoms with van der Waals surface area (Å²) in [6, 6.07) is 9.42.